The van der Waals surface area contributed by atoms with Gasteiger partial charge in [0, 0.05) is 26.5 Å². The van der Waals surface area contributed by atoms with Gasteiger partial charge in [-0.15, -0.1) is 0 Å². The molecule has 0 fully saturated rings. The summed E-state index contributed by atoms with van der Waals surface area (Å²) in [6, 6.07) is 7.71. The Balaban J connectivity index is 2.08. The molecule has 0 saturated heterocycles. The minimum atomic E-state index is 0.000346. The van der Waals surface area contributed by atoms with Crippen LogP contribution in [0.1, 0.15) is 0 Å². The number of carbonyl (C=O) groups excluding carboxylic acids is 1. The van der Waals surface area contributed by atoms with Crippen molar-refractivity contribution < 1.29 is 9.21 Å². The molecule has 21 heavy (non-hydrogen) atoms. The normalized spacial score (nSPS) is 11.0. The van der Waals surface area contributed by atoms with Crippen molar-refractivity contribution in [2.24, 2.45) is 0 Å². The van der Waals surface area contributed by atoms with E-state index >= 15 is 0 Å². The van der Waals surface area contributed by atoms with Crippen molar-refractivity contribution in [1.29, 1.82) is 0 Å². The minimum absolute atomic E-state index is 0.000346. The van der Waals surface area contributed by atoms with Crippen molar-refractivity contribution >= 4 is 33.8 Å². The molecule has 0 bridgehead atoms. The first-order chi connectivity index (χ1) is 10.1. The molecule has 0 unspecified atom stereocenters. The number of nitrogens with zero attached hydrogens (tertiary/aromatic N) is 4. The molecule has 1 amide bonds. The summed E-state index contributed by atoms with van der Waals surface area (Å²) in [7, 11) is 5.27. The monoisotopic (exact) mass is 284 g/mol. The molecule has 2 aromatic heterocycles. The second-order valence-corrected chi connectivity index (χ2v) is 5.12. The third kappa shape index (κ3) is 2.29. The summed E-state index contributed by atoms with van der Waals surface area (Å²) in [6.07, 6.45) is 1.50. The topological polar surface area (TPSA) is 62.5 Å². The Morgan fingerprint density at radius 1 is 1.19 bits per heavy atom. The van der Waals surface area contributed by atoms with E-state index in [1.165, 1.54) is 6.33 Å². The van der Waals surface area contributed by atoms with Crippen molar-refractivity contribution in [3.8, 4) is 0 Å². The van der Waals surface area contributed by atoms with Crippen LogP contribution < -0.4 is 4.90 Å². The average molecular weight is 284 g/mol. The third-order valence-electron chi connectivity index (χ3n) is 3.37. The van der Waals surface area contributed by atoms with E-state index in [0.29, 0.717) is 11.4 Å². The van der Waals surface area contributed by atoms with Crippen LogP contribution in [-0.2, 0) is 4.79 Å². The van der Waals surface area contributed by atoms with Gasteiger partial charge in [-0.25, -0.2) is 9.97 Å². The van der Waals surface area contributed by atoms with Crippen LogP contribution in [0.15, 0.2) is 35.0 Å². The molecular formula is C15H16N4O2. The van der Waals surface area contributed by atoms with Crippen LogP contribution in [0.2, 0.25) is 0 Å². The van der Waals surface area contributed by atoms with Gasteiger partial charge < -0.3 is 14.2 Å². The fraction of sp³-hybridized carbons (Fsp3) is 0.267. The lowest BCUT2D eigenvalue weighted by Crippen LogP contribution is -2.34. The van der Waals surface area contributed by atoms with E-state index in [-0.39, 0.29) is 12.5 Å². The lowest BCUT2D eigenvalue weighted by molar-refractivity contribution is -0.127. The molecule has 0 saturated carbocycles. The number of hydrogen-bond acceptors (Lipinski definition) is 5. The largest absolute Gasteiger partial charge is 0.450 e. The van der Waals surface area contributed by atoms with Gasteiger partial charge in [-0.1, -0.05) is 12.1 Å². The molecule has 0 spiro atoms. The predicted molar refractivity (Wildman–Crippen MR) is 81.3 cm³/mol. The number of para-hydroxylation sites is 1. The predicted octanol–water partition coefficient (Wildman–Crippen LogP) is 1.90. The molecule has 0 aliphatic carbocycles. The zero-order chi connectivity index (χ0) is 15.0. The summed E-state index contributed by atoms with van der Waals surface area (Å²) >= 11 is 0. The van der Waals surface area contributed by atoms with Crippen LogP contribution in [-0.4, -0.2) is 48.5 Å². The Kier molecular flexibility index (Phi) is 3.21. The number of carbonyl (C=O) groups is 1. The number of aromatic nitrogens is 2. The molecule has 1 aromatic carbocycles. The van der Waals surface area contributed by atoms with Crippen LogP contribution in [0, 0.1) is 0 Å². The molecule has 0 radical (unpaired) electrons. The lowest BCUT2D eigenvalue weighted by atomic mass is 10.2. The van der Waals surface area contributed by atoms with Crippen molar-refractivity contribution in [2.45, 2.75) is 0 Å². The maximum absolute atomic E-state index is 11.8. The first-order valence-electron chi connectivity index (χ1n) is 6.61. The highest BCUT2D eigenvalue weighted by Crippen LogP contribution is 2.31. The molecule has 0 atom stereocenters. The zero-order valence-corrected chi connectivity index (χ0v) is 12.2. The molecular weight excluding hydrogens is 268 g/mol. The Labute approximate surface area is 122 Å². The van der Waals surface area contributed by atoms with Crippen LogP contribution in [0.25, 0.3) is 22.1 Å². The molecule has 0 aliphatic rings. The van der Waals surface area contributed by atoms with Gasteiger partial charge in [0.1, 0.15) is 17.4 Å². The van der Waals surface area contributed by atoms with Crippen molar-refractivity contribution in [2.75, 3.05) is 32.6 Å². The first kappa shape index (κ1) is 13.4. The van der Waals surface area contributed by atoms with E-state index in [2.05, 4.69) is 9.97 Å². The molecule has 6 nitrogen and oxygen atoms in total. The molecule has 108 valence electrons. The maximum atomic E-state index is 11.8. The Morgan fingerprint density at radius 2 is 1.95 bits per heavy atom. The highest BCUT2D eigenvalue weighted by Gasteiger charge is 2.17. The minimum Gasteiger partial charge on any atom is -0.450 e. The van der Waals surface area contributed by atoms with Gasteiger partial charge in [-0.2, -0.15) is 0 Å². The fourth-order valence-electron chi connectivity index (χ4n) is 2.20. The van der Waals surface area contributed by atoms with Crippen LogP contribution in [0.3, 0.4) is 0 Å². The standard InChI is InChI=1S/C15H16N4O2/c1-18(2)12(20)8-19(3)15-14-13(16-9-17-15)10-6-4-5-7-11(10)21-14/h4-7,9H,8H2,1-3H3. The highest BCUT2D eigenvalue weighted by atomic mass is 16.3. The molecule has 6 heteroatoms. The Bertz CT molecular complexity index is 810. The van der Waals surface area contributed by atoms with Crippen LogP contribution in [0.5, 0.6) is 0 Å². The van der Waals surface area contributed by atoms with E-state index in [4.69, 9.17) is 4.42 Å². The molecule has 3 rings (SSSR count). The number of fused-ring (bicyclic) bond motifs is 3. The number of likely N-dealkylation sites (N-methyl/N-ethyl adjacent to an activating group) is 2. The SMILES string of the molecule is CN(C)C(=O)CN(C)c1ncnc2c1oc1ccccc12. The van der Waals surface area contributed by atoms with Gasteiger partial charge in [0.2, 0.25) is 5.91 Å². The summed E-state index contributed by atoms with van der Waals surface area (Å²) in [5.74, 6) is 0.617. The molecule has 2 heterocycles. The summed E-state index contributed by atoms with van der Waals surface area (Å²) in [5, 5.41) is 0.948. The van der Waals surface area contributed by atoms with Gasteiger partial charge in [0.05, 0.1) is 6.54 Å². The smallest absolute Gasteiger partial charge is 0.241 e. The molecule has 0 N–H and O–H groups in total. The van der Waals surface area contributed by atoms with Gasteiger partial charge in [0.15, 0.2) is 11.4 Å². The Morgan fingerprint density at radius 3 is 2.71 bits per heavy atom. The second-order valence-electron chi connectivity index (χ2n) is 5.12. The van der Waals surface area contributed by atoms with Gasteiger partial charge in [-0.05, 0) is 12.1 Å². The summed E-state index contributed by atoms with van der Waals surface area (Å²) in [4.78, 5) is 23.7. The quantitative estimate of drug-likeness (QED) is 0.735. The van der Waals surface area contributed by atoms with Crippen molar-refractivity contribution in [1.82, 2.24) is 14.9 Å². The summed E-state index contributed by atoms with van der Waals surface area (Å²) in [5.41, 5.74) is 2.13. The number of furan rings is 1. The zero-order valence-electron chi connectivity index (χ0n) is 12.2. The van der Waals surface area contributed by atoms with Crippen molar-refractivity contribution in [3.63, 3.8) is 0 Å². The maximum Gasteiger partial charge on any atom is 0.241 e. The average Bonchev–Trinajstić information content (AvgIpc) is 2.85. The van der Waals surface area contributed by atoms with E-state index in [0.717, 1.165) is 16.5 Å². The van der Waals surface area contributed by atoms with Crippen LogP contribution in [0.4, 0.5) is 5.82 Å². The fourth-order valence-corrected chi connectivity index (χ4v) is 2.20. The van der Waals surface area contributed by atoms with E-state index in [9.17, 15) is 4.79 Å². The Hall–Kier alpha value is -2.63. The van der Waals surface area contributed by atoms with Gasteiger partial charge >= 0.3 is 0 Å². The molecule has 0 aliphatic heterocycles. The number of hydrogen-bond donors (Lipinski definition) is 0. The second kappa shape index (κ2) is 5.05. The van der Waals surface area contributed by atoms with Gasteiger partial charge in [0.25, 0.3) is 0 Å². The number of benzene rings is 1. The van der Waals surface area contributed by atoms with Crippen molar-refractivity contribution in [3.05, 3.63) is 30.6 Å². The van der Waals surface area contributed by atoms with E-state index in [1.807, 2.05) is 31.3 Å². The molecule has 3 aromatic rings. The van der Waals surface area contributed by atoms with Gasteiger partial charge in [-0.3, -0.25) is 4.79 Å². The summed E-state index contributed by atoms with van der Waals surface area (Å²) < 4.78 is 5.86. The number of rotatable bonds is 3. The highest BCUT2D eigenvalue weighted by molar-refractivity contribution is 6.05. The number of anilines is 1. The third-order valence-corrected chi connectivity index (χ3v) is 3.37. The van der Waals surface area contributed by atoms with Crippen LogP contribution >= 0.6 is 0 Å². The van der Waals surface area contributed by atoms with E-state index in [1.54, 1.807) is 23.9 Å². The summed E-state index contributed by atoms with van der Waals surface area (Å²) in [6.45, 7) is 0.232. The van der Waals surface area contributed by atoms with E-state index < -0.39 is 0 Å². The lowest BCUT2D eigenvalue weighted by Gasteiger charge is -2.19. The first-order valence-corrected chi connectivity index (χ1v) is 6.61. The number of amides is 1.